The van der Waals surface area contributed by atoms with Crippen LogP contribution in [0.1, 0.15) is 27.6 Å². The molecule has 0 aliphatic heterocycles. The Morgan fingerprint density at radius 2 is 1.71 bits per heavy atom. The highest BCUT2D eigenvalue weighted by Gasteiger charge is 2.40. The Bertz CT molecular complexity index is 662. The number of carbonyl (C=O) groups is 3. The minimum Gasteiger partial charge on any atom is -0.342 e. The molecule has 1 aliphatic carbocycles. The molecule has 4 nitrogen and oxygen atoms in total. The van der Waals surface area contributed by atoms with Crippen molar-refractivity contribution >= 4 is 17.5 Å². The van der Waals surface area contributed by atoms with Crippen molar-refractivity contribution in [3.8, 4) is 0 Å². The molecule has 1 aliphatic rings. The summed E-state index contributed by atoms with van der Waals surface area (Å²) < 4.78 is 36.6. The van der Waals surface area contributed by atoms with Crippen LogP contribution in [0.4, 0.5) is 13.2 Å². The summed E-state index contributed by atoms with van der Waals surface area (Å²) in [5.74, 6) is -3.21. The number of hydrogen-bond acceptors (Lipinski definition) is 3. The van der Waals surface area contributed by atoms with E-state index in [1.54, 1.807) is 17.4 Å². The van der Waals surface area contributed by atoms with Crippen molar-refractivity contribution in [2.75, 3.05) is 0 Å². The molecule has 1 atom stereocenters. The quantitative estimate of drug-likeness (QED) is 0.909. The van der Waals surface area contributed by atoms with Crippen molar-refractivity contribution in [3.63, 3.8) is 0 Å². The topological polar surface area (TPSA) is 63.2 Å². The number of ketones is 2. The number of rotatable bonds is 2. The fraction of sp³-hybridized carbons (Fsp3) is 0.214. The number of benzene rings is 1. The third-order valence-electron chi connectivity index (χ3n) is 3.06. The number of alkyl halides is 3. The van der Waals surface area contributed by atoms with Crippen LogP contribution in [-0.4, -0.2) is 29.7 Å². The Kier molecular flexibility index (Phi) is 3.67. The molecular formula is C14H10F3NO3. The maximum Gasteiger partial charge on any atom is 0.471 e. The molecule has 0 radical (unpaired) electrons. The van der Waals surface area contributed by atoms with Gasteiger partial charge in [0, 0.05) is 16.7 Å². The van der Waals surface area contributed by atoms with Gasteiger partial charge in [-0.25, -0.2) is 0 Å². The molecule has 2 rings (SSSR count). The van der Waals surface area contributed by atoms with Crippen molar-refractivity contribution in [2.24, 2.45) is 0 Å². The van der Waals surface area contributed by atoms with E-state index in [1.165, 1.54) is 19.1 Å². The summed E-state index contributed by atoms with van der Waals surface area (Å²) in [6.45, 7) is 1.22. The largest absolute Gasteiger partial charge is 0.471 e. The van der Waals surface area contributed by atoms with Crippen LogP contribution in [-0.2, 0) is 4.79 Å². The Morgan fingerprint density at radius 3 is 2.29 bits per heavy atom. The Labute approximate surface area is 117 Å². The molecule has 7 heteroatoms. The van der Waals surface area contributed by atoms with Gasteiger partial charge < -0.3 is 5.32 Å². The standard InChI is InChI=1S/C14H10F3NO3/c1-7(18-13(21)14(15,16)17)10-6-11(19)8-4-2-3-5-9(8)12(10)20/h2-7H,1H3,(H,18,21). The lowest BCUT2D eigenvalue weighted by molar-refractivity contribution is -0.174. The number of allylic oxidation sites excluding steroid dienone is 1. The van der Waals surface area contributed by atoms with Gasteiger partial charge >= 0.3 is 12.1 Å². The van der Waals surface area contributed by atoms with Crippen LogP contribution in [0.3, 0.4) is 0 Å². The molecule has 0 fully saturated rings. The van der Waals surface area contributed by atoms with Crippen LogP contribution >= 0.6 is 0 Å². The average molecular weight is 297 g/mol. The van der Waals surface area contributed by atoms with E-state index >= 15 is 0 Å². The van der Waals surface area contributed by atoms with Gasteiger partial charge in [0.25, 0.3) is 0 Å². The van der Waals surface area contributed by atoms with Crippen molar-refractivity contribution in [3.05, 3.63) is 47.0 Å². The number of carbonyl (C=O) groups excluding carboxylic acids is 3. The summed E-state index contributed by atoms with van der Waals surface area (Å²) in [4.78, 5) is 34.9. The Morgan fingerprint density at radius 1 is 1.14 bits per heavy atom. The smallest absolute Gasteiger partial charge is 0.342 e. The van der Waals surface area contributed by atoms with Crippen LogP contribution in [0, 0.1) is 0 Å². The first-order valence-corrected chi connectivity index (χ1v) is 5.99. The van der Waals surface area contributed by atoms with Crippen molar-refractivity contribution in [1.29, 1.82) is 0 Å². The van der Waals surface area contributed by atoms with Gasteiger partial charge in [0.05, 0.1) is 6.04 Å². The fourth-order valence-corrected chi connectivity index (χ4v) is 2.01. The summed E-state index contributed by atoms with van der Waals surface area (Å²) in [6.07, 6.45) is -4.08. The van der Waals surface area contributed by atoms with Gasteiger partial charge in [0.2, 0.25) is 0 Å². The van der Waals surface area contributed by atoms with Crippen molar-refractivity contribution in [2.45, 2.75) is 19.1 Å². The number of hydrogen-bond donors (Lipinski definition) is 1. The lowest BCUT2D eigenvalue weighted by Gasteiger charge is -2.21. The molecule has 0 heterocycles. The molecule has 0 spiro atoms. The van der Waals surface area contributed by atoms with Gasteiger partial charge in [-0.2, -0.15) is 13.2 Å². The first-order chi connectivity index (χ1) is 9.71. The molecule has 0 saturated heterocycles. The monoisotopic (exact) mass is 297 g/mol. The third kappa shape index (κ3) is 2.86. The lowest BCUT2D eigenvalue weighted by atomic mass is 9.86. The van der Waals surface area contributed by atoms with Crippen LogP contribution in [0.25, 0.3) is 0 Å². The zero-order chi connectivity index (χ0) is 15.8. The van der Waals surface area contributed by atoms with Crippen LogP contribution in [0.2, 0.25) is 0 Å². The second-order valence-corrected chi connectivity index (χ2v) is 4.53. The van der Waals surface area contributed by atoms with Crippen LogP contribution < -0.4 is 5.32 Å². The number of halogens is 3. The van der Waals surface area contributed by atoms with Gasteiger partial charge in [0.15, 0.2) is 11.6 Å². The SMILES string of the molecule is CC(NC(=O)C(F)(F)F)C1=CC(=O)c2ccccc2C1=O. The summed E-state index contributed by atoms with van der Waals surface area (Å²) in [5.41, 5.74) is 0.144. The highest BCUT2D eigenvalue weighted by Crippen LogP contribution is 2.23. The van der Waals surface area contributed by atoms with E-state index in [0.717, 1.165) is 6.08 Å². The van der Waals surface area contributed by atoms with Crippen LogP contribution in [0.5, 0.6) is 0 Å². The predicted octanol–water partition coefficient (Wildman–Crippen LogP) is 2.06. The summed E-state index contributed by atoms with van der Waals surface area (Å²) in [7, 11) is 0. The van der Waals surface area contributed by atoms with E-state index in [0.29, 0.717) is 0 Å². The number of nitrogens with one attached hydrogen (secondary N) is 1. The van der Waals surface area contributed by atoms with Crippen molar-refractivity contribution < 1.29 is 27.6 Å². The highest BCUT2D eigenvalue weighted by atomic mass is 19.4. The van der Waals surface area contributed by atoms with Gasteiger partial charge in [-0.15, -0.1) is 0 Å². The molecule has 110 valence electrons. The van der Waals surface area contributed by atoms with Gasteiger partial charge in [0.1, 0.15) is 0 Å². The second-order valence-electron chi connectivity index (χ2n) is 4.53. The number of Topliss-reactive ketones (excluding diaryl/α,β-unsaturated/α-hetero) is 1. The molecule has 1 aromatic carbocycles. The second kappa shape index (κ2) is 5.16. The maximum atomic E-state index is 12.2. The predicted molar refractivity (Wildman–Crippen MR) is 66.8 cm³/mol. The first kappa shape index (κ1) is 15.0. The highest BCUT2D eigenvalue weighted by molar-refractivity contribution is 6.25. The molecule has 21 heavy (non-hydrogen) atoms. The Balaban J connectivity index is 2.28. The molecule has 0 bridgehead atoms. The summed E-state index contributed by atoms with van der Waals surface area (Å²) in [5, 5.41) is 1.67. The molecule has 0 aromatic heterocycles. The van der Waals surface area contributed by atoms with Gasteiger partial charge in [-0.3, -0.25) is 14.4 Å². The molecule has 1 unspecified atom stereocenters. The van der Waals surface area contributed by atoms with E-state index < -0.39 is 29.7 Å². The zero-order valence-electron chi connectivity index (χ0n) is 10.8. The normalized spacial score (nSPS) is 16.1. The summed E-state index contributed by atoms with van der Waals surface area (Å²) >= 11 is 0. The van der Waals surface area contributed by atoms with E-state index in [-0.39, 0.29) is 16.7 Å². The van der Waals surface area contributed by atoms with E-state index in [1.807, 2.05) is 0 Å². The van der Waals surface area contributed by atoms with Crippen LogP contribution in [0.15, 0.2) is 35.9 Å². The minimum atomic E-state index is -5.05. The Hall–Kier alpha value is -2.44. The zero-order valence-corrected chi connectivity index (χ0v) is 10.8. The van der Waals surface area contributed by atoms with E-state index in [2.05, 4.69) is 0 Å². The number of fused-ring (bicyclic) bond motifs is 1. The summed E-state index contributed by atoms with van der Waals surface area (Å²) in [6, 6.07) is 4.79. The van der Waals surface area contributed by atoms with Gasteiger partial charge in [-0.1, -0.05) is 24.3 Å². The molecular weight excluding hydrogens is 287 g/mol. The third-order valence-corrected chi connectivity index (χ3v) is 3.06. The first-order valence-electron chi connectivity index (χ1n) is 5.99. The van der Waals surface area contributed by atoms with E-state index in [4.69, 9.17) is 0 Å². The molecule has 0 saturated carbocycles. The molecule has 1 amide bonds. The fourth-order valence-electron chi connectivity index (χ4n) is 2.01. The molecule has 1 N–H and O–H groups in total. The van der Waals surface area contributed by atoms with Crippen molar-refractivity contribution in [1.82, 2.24) is 5.32 Å². The average Bonchev–Trinajstić information content (AvgIpc) is 2.41. The maximum absolute atomic E-state index is 12.2. The lowest BCUT2D eigenvalue weighted by Crippen LogP contribution is -2.44. The molecule has 1 aromatic rings. The minimum absolute atomic E-state index is 0.119. The number of amides is 1. The van der Waals surface area contributed by atoms with Gasteiger partial charge in [-0.05, 0) is 13.0 Å². The van der Waals surface area contributed by atoms with E-state index in [9.17, 15) is 27.6 Å².